The van der Waals surface area contributed by atoms with Crippen molar-refractivity contribution < 1.29 is 22.6 Å². The molecule has 0 saturated carbocycles. The Bertz CT molecular complexity index is 1430. The van der Waals surface area contributed by atoms with Gasteiger partial charge in [0.1, 0.15) is 11.5 Å². The average molecular weight is 481 g/mol. The van der Waals surface area contributed by atoms with Crippen LogP contribution < -0.4 is 9.47 Å². The van der Waals surface area contributed by atoms with Crippen molar-refractivity contribution in [3.8, 4) is 16.6 Å². The van der Waals surface area contributed by atoms with Crippen LogP contribution in [-0.4, -0.2) is 23.5 Å². The number of hydrogen-bond acceptors (Lipinski definition) is 6. The van der Waals surface area contributed by atoms with E-state index in [0.29, 0.717) is 35.0 Å². The molecule has 0 aliphatic carbocycles. The Balaban J connectivity index is 1.27. The highest BCUT2D eigenvalue weighted by Crippen LogP contribution is 2.36. The summed E-state index contributed by atoms with van der Waals surface area (Å²) in [6.45, 7) is 0. The van der Waals surface area contributed by atoms with Crippen LogP contribution in [0.4, 0.5) is 13.2 Å². The van der Waals surface area contributed by atoms with Crippen LogP contribution >= 0.6 is 11.3 Å². The Morgan fingerprint density at radius 3 is 2.71 bits per heavy atom. The monoisotopic (exact) mass is 481 g/mol. The molecule has 0 amide bonds. The van der Waals surface area contributed by atoms with Crippen molar-refractivity contribution in [1.82, 2.24) is 4.98 Å². The van der Waals surface area contributed by atoms with Crippen LogP contribution in [0.2, 0.25) is 0 Å². The number of nitrogens with zero attached hydrogens (tertiary/aromatic N) is 3. The van der Waals surface area contributed by atoms with E-state index in [0.717, 1.165) is 39.3 Å². The fraction of sp³-hybridized carbons (Fsp3) is 0.160. The zero-order valence-corrected chi connectivity index (χ0v) is 18.8. The van der Waals surface area contributed by atoms with E-state index in [-0.39, 0.29) is 0 Å². The summed E-state index contributed by atoms with van der Waals surface area (Å²) in [5.74, 6) is 1.37. The lowest BCUT2D eigenvalue weighted by Crippen LogP contribution is -2.08. The third-order valence-electron chi connectivity index (χ3n) is 5.33. The predicted molar refractivity (Wildman–Crippen MR) is 126 cm³/mol. The highest BCUT2D eigenvalue weighted by atomic mass is 32.1. The molecule has 5 nitrogen and oxygen atoms in total. The maximum atomic E-state index is 13.0. The van der Waals surface area contributed by atoms with Crippen LogP contribution in [0.3, 0.4) is 0 Å². The molecule has 0 N–H and O–H groups in total. The number of benzene rings is 2. The van der Waals surface area contributed by atoms with Gasteiger partial charge in [-0.1, -0.05) is 29.5 Å². The molecular formula is C25H18F3N3O2S. The fourth-order valence-corrected chi connectivity index (χ4v) is 4.53. The first kappa shape index (κ1) is 22.1. The van der Waals surface area contributed by atoms with Crippen LogP contribution in [0.5, 0.6) is 16.6 Å². The Hall–Kier alpha value is -3.72. The third kappa shape index (κ3) is 4.65. The quantitative estimate of drug-likeness (QED) is 0.301. The topological polar surface area (TPSA) is 56.1 Å². The summed E-state index contributed by atoms with van der Waals surface area (Å²) in [6.07, 6.45) is -1.89. The van der Waals surface area contributed by atoms with E-state index in [1.165, 1.54) is 17.4 Å². The van der Waals surface area contributed by atoms with Crippen molar-refractivity contribution in [1.29, 1.82) is 0 Å². The molecule has 5 rings (SSSR count). The van der Waals surface area contributed by atoms with Gasteiger partial charge in [0.2, 0.25) is 0 Å². The van der Waals surface area contributed by atoms with Gasteiger partial charge in [0.25, 0.3) is 0 Å². The predicted octanol–water partition coefficient (Wildman–Crippen LogP) is 6.91. The van der Waals surface area contributed by atoms with Gasteiger partial charge < -0.3 is 9.47 Å². The van der Waals surface area contributed by atoms with Crippen molar-refractivity contribution in [2.24, 2.45) is 10.2 Å². The first-order valence-corrected chi connectivity index (χ1v) is 11.2. The van der Waals surface area contributed by atoms with Crippen molar-refractivity contribution in [3.05, 3.63) is 82.9 Å². The lowest BCUT2D eigenvalue weighted by molar-refractivity contribution is -0.137. The molecule has 1 aliphatic rings. The lowest BCUT2D eigenvalue weighted by atomic mass is 10.0. The summed E-state index contributed by atoms with van der Waals surface area (Å²) < 4.78 is 50.4. The van der Waals surface area contributed by atoms with E-state index in [2.05, 4.69) is 15.2 Å². The van der Waals surface area contributed by atoms with Crippen LogP contribution in [-0.2, 0) is 12.6 Å². The van der Waals surface area contributed by atoms with Crippen LogP contribution in [0, 0.1) is 0 Å². The number of alkyl halides is 3. The fourth-order valence-electron chi connectivity index (χ4n) is 3.68. The van der Waals surface area contributed by atoms with E-state index < -0.39 is 11.7 Å². The van der Waals surface area contributed by atoms with E-state index in [1.54, 1.807) is 25.4 Å². The molecule has 172 valence electrons. The highest BCUT2D eigenvalue weighted by Gasteiger charge is 2.30. The number of halogens is 3. The van der Waals surface area contributed by atoms with Crippen molar-refractivity contribution in [2.45, 2.75) is 19.0 Å². The molecule has 0 radical (unpaired) electrons. The van der Waals surface area contributed by atoms with E-state index in [1.807, 2.05) is 30.3 Å². The molecule has 0 unspecified atom stereocenters. The molecule has 2 aromatic carbocycles. The second-order valence-electron chi connectivity index (χ2n) is 7.68. The molecule has 2 aromatic heterocycles. The normalized spacial score (nSPS) is 13.6. The minimum absolute atomic E-state index is 0.316. The second-order valence-corrected chi connectivity index (χ2v) is 8.72. The minimum Gasteiger partial charge on any atom is -0.497 e. The molecule has 9 heteroatoms. The summed E-state index contributed by atoms with van der Waals surface area (Å²) in [6, 6.07) is 16.5. The Kier molecular flexibility index (Phi) is 5.79. The summed E-state index contributed by atoms with van der Waals surface area (Å²) in [5.41, 5.74) is 2.18. The summed E-state index contributed by atoms with van der Waals surface area (Å²) in [5, 5.41) is 9.97. The Morgan fingerprint density at radius 1 is 1.00 bits per heavy atom. The molecule has 0 fully saturated rings. The van der Waals surface area contributed by atoms with E-state index >= 15 is 0 Å². The van der Waals surface area contributed by atoms with E-state index in [9.17, 15) is 13.2 Å². The molecule has 0 atom stereocenters. The lowest BCUT2D eigenvalue weighted by Gasteiger charge is -2.08. The number of pyridine rings is 1. The van der Waals surface area contributed by atoms with Crippen LogP contribution in [0.15, 0.2) is 77.1 Å². The van der Waals surface area contributed by atoms with Gasteiger partial charge in [-0.25, -0.2) is 0 Å². The number of fused-ring (bicyclic) bond motifs is 1. The molecule has 1 aliphatic heterocycles. The first-order chi connectivity index (χ1) is 16.4. The van der Waals surface area contributed by atoms with Crippen LogP contribution in [0.1, 0.15) is 22.4 Å². The molecule has 0 bridgehead atoms. The number of thiophene rings is 1. The van der Waals surface area contributed by atoms with Gasteiger partial charge in [-0.05, 0) is 48.0 Å². The number of hydrogen-bond donors (Lipinski definition) is 0. The van der Waals surface area contributed by atoms with Gasteiger partial charge in [0, 0.05) is 24.4 Å². The molecule has 4 aromatic rings. The summed E-state index contributed by atoms with van der Waals surface area (Å²) >= 11 is 1.43. The SMILES string of the molecule is COc1ccc2nccc(Oc3ccc(C4=NN=C(Cc5cccc(C(F)(F)F)c5)C4)s3)c2c1. The maximum Gasteiger partial charge on any atom is 0.416 e. The standard InChI is InChI=1S/C25H18F3N3O2S/c1-32-18-5-6-20-19(14-18)22(9-10-29-20)33-24-8-7-23(34-24)21-13-17(30-31-21)12-15-3-2-4-16(11-15)25(26,27)28/h2-11,14H,12-13H2,1H3. The van der Waals surface area contributed by atoms with Gasteiger partial charge >= 0.3 is 6.18 Å². The summed E-state index contributed by atoms with van der Waals surface area (Å²) in [4.78, 5) is 5.26. The molecule has 0 spiro atoms. The van der Waals surface area contributed by atoms with E-state index in [4.69, 9.17) is 9.47 Å². The number of ether oxygens (including phenoxy) is 2. The maximum absolute atomic E-state index is 13.0. The molecule has 34 heavy (non-hydrogen) atoms. The largest absolute Gasteiger partial charge is 0.497 e. The van der Waals surface area contributed by atoms with Crippen molar-refractivity contribution >= 4 is 33.7 Å². The smallest absolute Gasteiger partial charge is 0.416 e. The molecular weight excluding hydrogens is 463 g/mol. The van der Waals surface area contributed by atoms with Crippen molar-refractivity contribution in [3.63, 3.8) is 0 Å². The van der Waals surface area contributed by atoms with Gasteiger partial charge in [-0.15, -0.1) is 0 Å². The number of rotatable bonds is 6. The average Bonchev–Trinajstić information content (AvgIpc) is 3.48. The van der Waals surface area contributed by atoms with Crippen molar-refractivity contribution in [2.75, 3.05) is 7.11 Å². The van der Waals surface area contributed by atoms with Gasteiger partial charge in [-0.2, -0.15) is 23.4 Å². The third-order valence-corrected chi connectivity index (χ3v) is 6.34. The zero-order chi connectivity index (χ0) is 23.7. The zero-order valence-electron chi connectivity index (χ0n) is 18.0. The van der Waals surface area contributed by atoms with Gasteiger partial charge in [0.05, 0.1) is 34.5 Å². The Labute approximate surface area is 197 Å². The number of aromatic nitrogens is 1. The van der Waals surface area contributed by atoms with Crippen LogP contribution in [0.25, 0.3) is 10.9 Å². The highest BCUT2D eigenvalue weighted by molar-refractivity contribution is 7.16. The first-order valence-electron chi connectivity index (χ1n) is 10.4. The second kappa shape index (κ2) is 8.90. The Morgan fingerprint density at radius 2 is 1.88 bits per heavy atom. The van der Waals surface area contributed by atoms with Gasteiger partial charge in [-0.3, -0.25) is 4.98 Å². The van der Waals surface area contributed by atoms with Gasteiger partial charge in [0.15, 0.2) is 5.06 Å². The number of methoxy groups -OCH3 is 1. The minimum atomic E-state index is -4.37. The molecule has 0 saturated heterocycles. The molecule has 3 heterocycles. The summed E-state index contributed by atoms with van der Waals surface area (Å²) in [7, 11) is 1.61.